The number of rotatable bonds is 7. The molecule has 25 heavy (non-hydrogen) atoms. The Morgan fingerprint density at radius 3 is 2.48 bits per heavy atom. The highest BCUT2D eigenvalue weighted by Crippen LogP contribution is 2.21. The van der Waals surface area contributed by atoms with E-state index in [-0.39, 0.29) is 6.04 Å². The first kappa shape index (κ1) is 17.5. The van der Waals surface area contributed by atoms with Crippen molar-refractivity contribution in [3.05, 3.63) is 101 Å². The van der Waals surface area contributed by atoms with Gasteiger partial charge in [-0.2, -0.15) is 0 Å². The van der Waals surface area contributed by atoms with Crippen molar-refractivity contribution >= 4 is 11.6 Å². The van der Waals surface area contributed by atoms with Gasteiger partial charge in [-0.25, -0.2) is 0 Å². The quantitative estimate of drug-likeness (QED) is 0.583. The summed E-state index contributed by atoms with van der Waals surface area (Å²) < 4.78 is 6.02. The predicted molar refractivity (Wildman–Crippen MR) is 104 cm³/mol. The van der Waals surface area contributed by atoms with Crippen LogP contribution in [0.1, 0.15) is 29.7 Å². The third-order valence-corrected chi connectivity index (χ3v) is 4.39. The summed E-state index contributed by atoms with van der Waals surface area (Å²) in [6.45, 7) is 3.43. The van der Waals surface area contributed by atoms with E-state index < -0.39 is 0 Å². The number of nitrogens with one attached hydrogen (secondary N) is 1. The van der Waals surface area contributed by atoms with E-state index in [0.717, 1.165) is 28.4 Å². The van der Waals surface area contributed by atoms with Gasteiger partial charge in [0, 0.05) is 23.2 Å². The maximum atomic E-state index is 6.04. The summed E-state index contributed by atoms with van der Waals surface area (Å²) in [6.07, 6.45) is 0. The van der Waals surface area contributed by atoms with Gasteiger partial charge >= 0.3 is 0 Å². The second kappa shape index (κ2) is 8.70. The van der Waals surface area contributed by atoms with E-state index in [2.05, 4.69) is 42.6 Å². The molecule has 0 aliphatic carbocycles. The van der Waals surface area contributed by atoms with Gasteiger partial charge in [-0.05, 0) is 36.2 Å². The van der Waals surface area contributed by atoms with Crippen molar-refractivity contribution < 1.29 is 4.74 Å². The fraction of sp³-hybridized carbons (Fsp3) is 0.182. The molecule has 1 atom stereocenters. The lowest BCUT2D eigenvalue weighted by atomic mass is 10.1. The van der Waals surface area contributed by atoms with E-state index in [0.29, 0.717) is 6.61 Å². The van der Waals surface area contributed by atoms with Crippen LogP contribution >= 0.6 is 11.6 Å². The highest BCUT2D eigenvalue weighted by Gasteiger charge is 2.07. The standard InChI is InChI=1S/C22H22ClNO/c1-17(19-9-3-2-4-10-19)24-15-20-11-5-6-13-22(20)25-16-18-8-7-12-21(23)14-18/h2-14,17,24H,15-16H2,1H3/t17-/m1/s1. The number of hydrogen-bond donors (Lipinski definition) is 1. The van der Waals surface area contributed by atoms with Crippen molar-refractivity contribution in [1.29, 1.82) is 0 Å². The zero-order valence-electron chi connectivity index (χ0n) is 14.3. The molecule has 3 aromatic carbocycles. The maximum Gasteiger partial charge on any atom is 0.124 e. The SMILES string of the molecule is C[C@@H](NCc1ccccc1OCc1cccc(Cl)c1)c1ccccc1. The predicted octanol–water partition coefficient (Wildman–Crippen LogP) is 5.77. The fourth-order valence-electron chi connectivity index (χ4n) is 2.70. The van der Waals surface area contributed by atoms with Crippen LogP contribution in [0, 0.1) is 0 Å². The van der Waals surface area contributed by atoms with Crippen LogP contribution in [-0.2, 0) is 13.2 Å². The maximum absolute atomic E-state index is 6.04. The molecule has 0 aromatic heterocycles. The molecule has 0 radical (unpaired) electrons. The van der Waals surface area contributed by atoms with Crippen molar-refractivity contribution in [3.8, 4) is 5.75 Å². The average molecular weight is 352 g/mol. The van der Waals surface area contributed by atoms with Gasteiger partial charge < -0.3 is 10.1 Å². The minimum Gasteiger partial charge on any atom is -0.489 e. The summed E-state index contributed by atoms with van der Waals surface area (Å²) >= 11 is 6.04. The summed E-state index contributed by atoms with van der Waals surface area (Å²) in [5.41, 5.74) is 3.49. The highest BCUT2D eigenvalue weighted by atomic mass is 35.5. The zero-order valence-corrected chi connectivity index (χ0v) is 15.0. The van der Waals surface area contributed by atoms with Crippen LogP contribution in [-0.4, -0.2) is 0 Å². The molecular weight excluding hydrogens is 330 g/mol. The van der Waals surface area contributed by atoms with Crippen LogP contribution in [0.2, 0.25) is 5.02 Å². The lowest BCUT2D eigenvalue weighted by Gasteiger charge is -2.16. The molecule has 0 heterocycles. The molecule has 1 N–H and O–H groups in total. The van der Waals surface area contributed by atoms with Crippen molar-refractivity contribution in [1.82, 2.24) is 5.32 Å². The van der Waals surface area contributed by atoms with E-state index in [1.165, 1.54) is 5.56 Å². The summed E-state index contributed by atoms with van der Waals surface area (Å²) in [5, 5.41) is 4.29. The molecule has 0 bridgehead atoms. The van der Waals surface area contributed by atoms with E-state index in [1.807, 2.05) is 48.5 Å². The number of para-hydroxylation sites is 1. The van der Waals surface area contributed by atoms with Crippen molar-refractivity contribution in [2.45, 2.75) is 26.1 Å². The minimum atomic E-state index is 0.280. The summed E-state index contributed by atoms with van der Waals surface area (Å²) in [4.78, 5) is 0. The van der Waals surface area contributed by atoms with Gasteiger partial charge in [0.1, 0.15) is 12.4 Å². The van der Waals surface area contributed by atoms with Gasteiger partial charge in [-0.1, -0.05) is 72.3 Å². The smallest absolute Gasteiger partial charge is 0.124 e. The molecule has 3 aromatic rings. The molecule has 0 saturated carbocycles. The van der Waals surface area contributed by atoms with Crippen molar-refractivity contribution in [2.75, 3.05) is 0 Å². The van der Waals surface area contributed by atoms with Crippen LogP contribution in [0.4, 0.5) is 0 Å². The number of ether oxygens (including phenoxy) is 1. The second-order valence-electron chi connectivity index (χ2n) is 6.04. The Kier molecular flexibility index (Phi) is 6.10. The van der Waals surface area contributed by atoms with E-state index in [9.17, 15) is 0 Å². The van der Waals surface area contributed by atoms with Gasteiger partial charge in [0.2, 0.25) is 0 Å². The third-order valence-electron chi connectivity index (χ3n) is 4.15. The van der Waals surface area contributed by atoms with Crippen molar-refractivity contribution in [3.63, 3.8) is 0 Å². The molecule has 0 spiro atoms. The Morgan fingerprint density at radius 2 is 1.68 bits per heavy atom. The summed E-state index contributed by atoms with van der Waals surface area (Å²) in [6, 6.07) is 26.6. The Balaban J connectivity index is 1.62. The van der Waals surface area contributed by atoms with E-state index in [1.54, 1.807) is 0 Å². The van der Waals surface area contributed by atoms with E-state index >= 15 is 0 Å². The number of halogens is 1. The van der Waals surface area contributed by atoms with Crippen LogP contribution in [0.15, 0.2) is 78.9 Å². The van der Waals surface area contributed by atoms with Gasteiger partial charge in [-0.15, -0.1) is 0 Å². The van der Waals surface area contributed by atoms with Crippen LogP contribution in [0.25, 0.3) is 0 Å². The normalized spacial score (nSPS) is 11.9. The zero-order chi connectivity index (χ0) is 17.5. The molecule has 128 valence electrons. The molecule has 0 amide bonds. The topological polar surface area (TPSA) is 21.3 Å². The second-order valence-corrected chi connectivity index (χ2v) is 6.48. The molecule has 0 aliphatic rings. The summed E-state index contributed by atoms with van der Waals surface area (Å²) in [7, 11) is 0. The Labute approximate surface area is 154 Å². The van der Waals surface area contributed by atoms with Crippen LogP contribution < -0.4 is 10.1 Å². The first-order valence-electron chi connectivity index (χ1n) is 8.46. The highest BCUT2D eigenvalue weighted by molar-refractivity contribution is 6.30. The van der Waals surface area contributed by atoms with Gasteiger partial charge in [-0.3, -0.25) is 0 Å². The molecule has 0 unspecified atom stereocenters. The molecule has 0 aliphatic heterocycles. The molecule has 2 nitrogen and oxygen atoms in total. The van der Waals surface area contributed by atoms with Crippen LogP contribution in [0.3, 0.4) is 0 Å². The molecule has 3 heteroatoms. The lowest BCUT2D eigenvalue weighted by molar-refractivity contribution is 0.301. The first-order chi connectivity index (χ1) is 12.2. The molecular formula is C22H22ClNO. The Bertz CT molecular complexity index is 804. The third kappa shape index (κ3) is 5.09. The minimum absolute atomic E-state index is 0.280. The monoisotopic (exact) mass is 351 g/mol. The molecule has 0 fully saturated rings. The lowest BCUT2D eigenvalue weighted by Crippen LogP contribution is -2.18. The number of hydrogen-bond acceptors (Lipinski definition) is 2. The Morgan fingerprint density at radius 1 is 0.920 bits per heavy atom. The molecule has 0 saturated heterocycles. The Hall–Kier alpha value is -2.29. The number of benzene rings is 3. The van der Waals surface area contributed by atoms with Crippen LogP contribution in [0.5, 0.6) is 5.75 Å². The largest absolute Gasteiger partial charge is 0.489 e. The average Bonchev–Trinajstić information content (AvgIpc) is 2.66. The fourth-order valence-corrected chi connectivity index (χ4v) is 2.91. The van der Waals surface area contributed by atoms with Gasteiger partial charge in [0.25, 0.3) is 0 Å². The van der Waals surface area contributed by atoms with Gasteiger partial charge in [0.15, 0.2) is 0 Å². The van der Waals surface area contributed by atoms with Gasteiger partial charge in [0.05, 0.1) is 0 Å². The van der Waals surface area contributed by atoms with Crippen molar-refractivity contribution in [2.24, 2.45) is 0 Å². The summed E-state index contributed by atoms with van der Waals surface area (Å²) in [5.74, 6) is 0.898. The molecule has 3 rings (SSSR count). The first-order valence-corrected chi connectivity index (χ1v) is 8.83. The van der Waals surface area contributed by atoms with E-state index in [4.69, 9.17) is 16.3 Å².